The SMILES string of the molecule is CNC(C)(CCCCOCCC1CC1)C(N)=O. The van der Waals surface area contributed by atoms with Crippen molar-refractivity contribution in [1.82, 2.24) is 5.32 Å². The van der Waals surface area contributed by atoms with Crippen LogP contribution in [0.4, 0.5) is 0 Å². The van der Waals surface area contributed by atoms with Gasteiger partial charge in [0.05, 0.1) is 5.54 Å². The van der Waals surface area contributed by atoms with E-state index in [9.17, 15) is 4.79 Å². The fourth-order valence-electron chi connectivity index (χ4n) is 1.81. The third-order valence-electron chi connectivity index (χ3n) is 3.68. The van der Waals surface area contributed by atoms with E-state index in [0.29, 0.717) is 0 Å². The van der Waals surface area contributed by atoms with E-state index in [4.69, 9.17) is 10.5 Å². The number of nitrogens with one attached hydrogen (secondary N) is 1. The topological polar surface area (TPSA) is 64.3 Å². The summed E-state index contributed by atoms with van der Waals surface area (Å²) in [6.07, 6.45) is 6.73. The second kappa shape index (κ2) is 6.97. The van der Waals surface area contributed by atoms with Crippen molar-refractivity contribution in [1.29, 1.82) is 0 Å². The van der Waals surface area contributed by atoms with Gasteiger partial charge in [-0.05, 0) is 45.6 Å². The minimum absolute atomic E-state index is 0.283. The Hall–Kier alpha value is -0.610. The number of likely N-dealkylation sites (N-methyl/N-ethyl adjacent to an activating group) is 1. The molecule has 1 atom stereocenters. The van der Waals surface area contributed by atoms with E-state index < -0.39 is 5.54 Å². The average molecular weight is 242 g/mol. The lowest BCUT2D eigenvalue weighted by atomic mass is 9.94. The standard InChI is InChI=1S/C13H26N2O2/c1-13(15-2,12(14)16)8-3-4-9-17-10-7-11-5-6-11/h11,15H,3-10H2,1-2H3,(H2,14,16). The predicted molar refractivity (Wildman–Crippen MR) is 68.7 cm³/mol. The number of hydrogen-bond acceptors (Lipinski definition) is 3. The van der Waals surface area contributed by atoms with Gasteiger partial charge in [-0.1, -0.05) is 12.8 Å². The van der Waals surface area contributed by atoms with Crippen LogP contribution in [0.3, 0.4) is 0 Å². The molecular formula is C13H26N2O2. The number of rotatable bonds is 10. The number of hydrogen-bond donors (Lipinski definition) is 2. The maximum atomic E-state index is 11.2. The Morgan fingerprint density at radius 3 is 2.65 bits per heavy atom. The highest BCUT2D eigenvalue weighted by Gasteiger charge is 2.27. The van der Waals surface area contributed by atoms with Crippen molar-refractivity contribution in [3.63, 3.8) is 0 Å². The molecule has 0 heterocycles. The van der Waals surface area contributed by atoms with Gasteiger partial charge in [0, 0.05) is 13.2 Å². The van der Waals surface area contributed by atoms with Crippen molar-refractivity contribution in [2.45, 2.75) is 51.0 Å². The zero-order valence-corrected chi connectivity index (χ0v) is 11.1. The van der Waals surface area contributed by atoms with Crippen LogP contribution >= 0.6 is 0 Å². The van der Waals surface area contributed by atoms with Crippen molar-refractivity contribution < 1.29 is 9.53 Å². The first-order valence-electron chi connectivity index (χ1n) is 6.65. The normalized spacial score (nSPS) is 18.9. The third-order valence-corrected chi connectivity index (χ3v) is 3.68. The van der Waals surface area contributed by atoms with Gasteiger partial charge in [0.2, 0.25) is 5.91 Å². The van der Waals surface area contributed by atoms with Crippen LogP contribution in [0.2, 0.25) is 0 Å². The summed E-state index contributed by atoms with van der Waals surface area (Å²) in [4.78, 5) is 11.2. The molecule has 0 bridgehead atoms. The molecule has 1 fully saturated rings. The highest BCUT2D eigenvalue weighted by atomic mass is 16.5. The lowest BCUT2D eigenvalue weighted by molar-refractivity contribution is -0.123. The van der Waals surface area contributed by atoms with E-state index in [2.05, 4.69) is 5.32 Å². The highest BCUT2D eigenvalue weighted by Crippen LogP contribution is 2.32. The van der Waals surface area contributed by atoms with Crippen LogP contribution in [0.15, 0.2) is 0 Å². The van der Waals surface area contributed by atoms with E-state index in [1.807, 2.05) is 6.92 Å². The van der Waals surface area contributed by atoms with Gasteiger partial charge in [-0.25, -0.2) is 0 Å². The molecule has 4 heteroatoms. The van der Waals surface area contributed by atoms with Crippen molar-refractivity contribution in [3.05, 3.63) is 0 Å². The Labute approximate surface area is 104 Å². The molecule has 17 heavy (non-hydrogen) atoms. The molecular weight excluding hydrogens is 216 g/mol. The Morgan fingerprint density at radius 2 is 2.12 bits per heavy atom. The summed E-state index contributed by atoms with van der Waals surface area (Å²) < 4.78 is 5.56. The van der Waals surface area contributed by atoms with Crippen LogP contribution in [0, 0.1) is 5.92 Å². The predicted octanol–water partition coefficient (Wildman–Crippen LogP) is 1.44. The summed E-state index contributed by atoms with van der Waals surface area (Å²) in [5.41, 5.74) is 4.78. The van der Waals surface area contributed by atoms with Gasteiger partial charge in [0.1, 0.15) is 0 Å². The molecule has 0 aromatic heterocycles. The molecule has 1 aliphatic rings. The first-order valence-corrected chi connectivity index (χ1v) is 6.65. The van der Waals surface area contributed by atoms with Crippen LogP contribution in [-0.4, -0.2) is 31.7 Å². The van der Waals surface area contributed by atoms with Crippen LogP contribution < -0.4 is 11.1 Å². The molecule has 0 aromatic rings. The minimum atomic E-state index is -0.575. The number of nitrogens with two attached hydrogens (primary N) is 1. The number of carbonyl (C=O) groups is 1. The Kier molecular flexibility index (Phi) is 5.92. The Balaban J connectivity index is 1.96. The fraction of sp³-hybridized carbons (Fsp3) is 0.923. The van der Waals surface area contributed by atoms with Crippen LogP contribution in [0.5, 0.6) is 0 Å². The first kappa shape index (κ1) is 14.5. The maximum Gasteiger partial charge on any atom is 0.237 e. The lowest BCUT2D eigenvalue weighted by Crippen LogP contribution is -2.51. The largest absolute Gasteiger partial charge is 0.381 e. The van der Waals surface area contributed by atoms with Gasteiger partial charge >= 0.3 is 0 Å². The van der Waals surface area contributed by atoms with Crippen molar-refractivity contribution in [2.75, 3.05) is 20.3 Å². The third kappa shape index (κ3) is 5.50. The smallest absolute Gasteiger partial charge is 0.237 e. The van der Waals surface area contributed by atoms with Gasteiger partial charge in [-0.2, -0.15) is 0 Å². The molecule has 0 aliphatic heterocycles. The Bertz CT molecular complexity index is 242. The van der Waals surface area contributed by atoms with Gasteiger partial charge in [0.15, 0.2) is 0 Å². The summed E-state index contributed by atoms with van der Waals surface area (Å²) in [6, 6.07) is 0. The summed E-state index contributed by atoms with van der Waals surface area (Å²) in [5, 5.41) is 2.99. The number of carbonyl (C=O) groups excluding carboxylic acids is 1. The molecule has 1 rings (SSSR count). The van der Waals surface area contributed by atoms with E-state index in [1.165, 1.54) is 19.3 Å². The molecule has 3 N–H and O–H groups in total. The maximum absolute atomic E-state index is 11.2. The van der Waals surface area contributed by atoms with Crippen molar-refractivity contribution in [2.24, 2.45) is 11.7 Å². The number of unbranched alkanes of at least 4 members (excludes halogenated alkanes) is 1. The molecule has 1 amide bonds. The average Bonchev–Trinajstić information content (AvgIpc) is 3.11. The van der Waals surface area contributed by atoms with E-state index in [-0.39, 0.29) is 5.91 Å². The highest BCUT2D eigenvalue weighted by molar-refractivity contribution is 5.84. The number of ether oxygens (including phenoxy) is 1. The van der Waals surface area contributed by atoms with Crippen molar-refractivity contribution >= 4 is 5.91 Å². The molecule has 1 saturated carbocycles. The number of primary amides is 1. The summed E-state index contributed by atoms with van der Waals surface area (Å²) >= 11 is 0. The van der Waals surface area contributed by atoms with Crippen LogP contribution in [0.25, 0.3) is 0 Å². The molecule has 0 spiro atoms. The minimum Gasteiger partial charge on any atom is -0.381 e. The summed E-state index contributed by atoms with van der Waals surface area (Å²) in [5.74, 6) is 0.659. The molecule has 1 unspecified atom stereocenters. The monoisotopic (exact) mass is 242 g/mol. The van der Waals surface area contributed by atoms with Crippen LogP contribution in [0.1, 0.15) is 45.4 Å². The second-order valence-corrected chi connectivity index (χ2v) is 5.25. The van der Waals surface area contributed by atoms with Gasteiger partial charge < -0.3 is 15.8 Å². The Morgan fingerprint density at radius 1 is 1.41 bits per heavy atom. The van der Waals surface area contributed by atoms with E-state index in [0.717, 1.165) is 38.4 Å². The first-order chi connectivity index (χ1) is 8.08. The second-order valence-electron chi connectivity index (χ2n) is 5.25. The van der Waals surface area contributed by atoms with E-state index >= 15 is 0 Å². The molecule has 4 nitrogen and oxygen atoms in total. The zero-order chi connectivity index (χ0) is 12.7. The van der Waals surface area contributed by atoms with Crippen molar-refractivity contribution in [3.8, 4) is 0 Å². The van der Waals surface area contributed by atoms with Gasteiger partial charge in [-0.3, -0.25) is 4.79 Å². The molecule has 0 aromatic carbocycles. The zero-order valence-electron chi connectivity index (χ0n) is 11.1. The molecule has 0 radical (unpaired) electrons. The molecule has 100 valence electrons. The summed E-state index contributed by atoms with van der Waals surface area (Å²) in [7, 11) is 1.77. The number of amides is 1. The quantitative estimate of drug-likeness (QED) is 0.570. The fourth-order valence-corrected chi connectivity index (χ4v) is 1.81. The molecule has 0 saturated heterocycles. The van der Waals surface area contributed by atoms with Crippen LogP contribution in [-0.2, 0) is 9.53 Å². The van der Waals surface area contributed by atoms with Gasteiger partial charge in [-0.15, -0.1) is 0 Å². The molecule has 1 aliphatic carbocycles. The lowest BCUT2D eigenvalue weighted by Gasteiger charge is -2.25. The van der Waals surface area contributed by atoms with Gasteiger partial charge in [0.25, 0.3) is 0 Å². The van der Waals surface area contributed by atoms with E-state index in [1.54, 1.807) is 7.05 Å². The summed E-state index contributed by atoms with van der Waals surface area (Å²) in [6.45, 7) is 3.54.